The van der Waals surface area contributed by atoms with Gasteiger partial charge < -0.3 is 19.8 Å². The molecule has 2 rings (SSSR count). The second kappa shape index (κ2) is 7.09. The molecule has 1 aliphatic rings. The molecule has 1 atom stereocenters. The van der Waals surface area contributed by atoms with Crippen molar-refractivity contribution in [1.29, 1.82) is 0 Å². The van der Waals surface area contributed by atoms with Crippen LogP contribution in [0.25, 0.3) is 0 Å². The zero-order valence-corrected chi connectivity index (χ0v) is 13.6. The van der Waals surface area contributed by atoms with E-state index >= 15 is 0 Å². The molecule has 7 nitrogen and oxygen atoms in total. The van der Waals surface area contributed by atoms with Crippen molar-refractivity contribution in [2.24, 2.45) is 5.41 Å². The summed E-state index contributed by atoms with van der Waals surface area (Å²) in [5, 5.41) is 16.4. The van der Waals surface area contributed by atoms with E-state index in [-0.39, 0.29) is 24.1 Å². The van der Waals surface area contributed by atoms with Crippen molar-refractivity contribution in [3.8, 4) is 0 Å². The minimum atomic E-state index is -0.236. The Bertz CT molecular complexity index is 489. The van der Waals surface area contributed by atoms with Crippen LogP contribution >= 0.6 is 0 Å². The van der Waals surface area contributed by atoms with Crippen molar-refractivity contribution in [1.82, 2.24) is 20.4 Å². The maximum atomic E-state index is 12.4. The number of aliphatic hydroxyl groups excluding tert-OH is 1. The number of carbonyl (C=O) groups excluding carboxylic acids is 1. The van der Waals surface area contributed by atoms with Gasteiger partial charge in [-0.2, -0.15) is 4.98 Å². The molecule has 2 amide bonds. The summed E-state index contributed by atoms with van der Waals surface area (Å²) in [5.74, 6) is 1.01. The Labute approximate surface area is 131 Å². The minimum absolute atomic E-state index is 0.0221. The number of aliphatic hydroxyl groups is 1. The summed E-state index contributed by atoms with van der Waals surface area (Å²) in [6.45, 7) is 7.33. The highest BCUT2D eigenvalue weighted by atomic mass is 16.5. The minimum Gasteiger partial charge on any atom is -0.396 e. The number of nitrogens with zero attached hydrogens (tertiary/aromatic N) is 3. The molecular weight excluding hydrogens is 284 g/mol. The van der Waals surface area contributed by atoms with Crippen LogP contribution in [0.5, 0.6) is 0 Å². The number of urea groups is 1. The van der Waals surface area contributed by atoms with E-state index in [0.717, 1.165) is 19.3 Å². The number of hydrogen-bond acceptors (Lipinski definition) is 5. The van der Waals surface area contributed by atoms with Crippen LogP contribution in [0.15, 0.2) is 4.52 Å². The van der Waals surface area contributed by atoms with Gasteiger partial charge in [-0.25, -0.2) is 4.79 Å². The van der Waals surface area contributed by atoms with Crippen molar-refractivity contribution in [2.75, 3.05) is 19.7 Å². The summed E-state index contributed by atoms with van der Waals surface area (Å²) >= 11 is 0. The van der Waals surface area contributed by atoms with Gasteiger partial charge >= 0.3 is 6.03 Å². The predicted molar refractivity (Wildman–Crippen MR) is 81.2 cm³/mol. The number of amides is 2. The summed E-state index contributed by atoms with van der Waals surface area (Å²) in [5.41, 5.74) is -0.0221. The molecule has 0 aromatic carbocycles. The molecule has 7 heteroatoms. The van der Waals surface area contributed by atoms with Crippen LogP contribution in [0, 0.1) is 12.3 Å². The number of nitrogens with one attached hydrogen (secondary N) is 1. The lowest BCUT2D eigenvalue weighted by Gasteiger charge is -2.40. The van der Waals surface area contributed by atoms with Crippen molar-refractivity contribution < 1.29 is 14.4 Å². The van der Waals surface area contributed by atoms with Gasteiger partial charge in [-0.3, -0.25) is 0 Å². The van der Waals surface area contributed by atoms with E-state index in [2.05, 4.69) is 22.4 Å². The first-order chi connectivity index (χ1) is 10.5. The summed E-state index contributed by atoms with van der Waals surface area (Å²) in [4.78, 5) is 18.4. The second-order valence-corrected chi connectivity index (χ2v) is 6.08. The number of carbonyl (C=O) groups is 1. The first kappa shape index (κ1) is 16.7. The molecule has 1 unspecified atom stereocenters. The van der Waals surface area contributed by atoms with Crippen molar-refractivity contribution in [2.45, 2.75) is 52.5 Å². The van der Waals surface area contributed by atoms with Gasteiger partial charge in [0.15, 0.2) is 5.82 Å². The molecule has 0 radical (unpaired) electrons. The fourth-order valence-electron chi connectivity index (χ4n) is 2.85. The Morgan fingerprint density at radius 3 is 2.59 bits per heavy atom. The van der Waals surface area contributed by atoms with Crippen molar-refractivity contribution in [3.05, 3.63) is 11.7 Å². The van der Waals surface area contributed by atoms with E-state index in [4.69, 9.17) is 4.52 Å². The summed E-state index contributed by atoms with van der Waals surface area (Å²) in [6.07, 6.45) is 3.32. The second-order valence-electron chi connectivity index (χ2n) is 6.08. The molecule has 0 bridgehead atoms. The van der Waals surface area contributed by atoms with Crippen LogP contribution in [-0.4, -0.2) is 45.9 Å². The van der Waals surface area contributed by atoms with Gasteiger partial charge in [-0.15, -0.1) is 0 Å². The van der Waals surface area contributed by atoms with Gasteiger partial charge in [-0.1, -0.05) is 19.0 Å². The molecule has 1 fully saturated rings. The van der Waals surface area contributed by atoms with Gasteiger partial charge in [0.25, 0.3) is 0 Å². The zero-order valence-electron chi connectivity index (χ0n) is 13.6. The molecule has 1 saturated heterocycles. The fourth-order valence-corrected chi connectivity index (χ4v) is 2.85. The summed E-state index contributed by atoms with van der Waals surface area (Å²) in [7, 11) is 0. The van der Waals surface area contributed by atoms with E-state index in [1.54, 1.807) is 11.8 Å². The molecule has 2 heterocycles. The number of aryl methyl sites for hydroxylation is 1. The Balaban J connectivity index is 1.92. The highest BCUT2D eigenvalue weighted by Crippen LogP contribution is 2.34. The highest BCUT2D eigenvalue weighted by molar-refractivity contribution is 5.74. The lowest BCUT2D eigenvalue weighted by Crippen LogP contribution is -2.49. The van der Waals surface area contributed by atoms with Gasteiger partial charge in [0, 0.05) is 26.6 Å². The van der Waals surface area contributed by atoms with Crippen molar-refractivity contribution >= 4 is 6.03 Å². The Hall–Kier alpha value is -1.63. The van der Waals surface area contributed by atoms with Gasteiger partial charge in [0.1, 0.15) is 0 Å². The molecule has 1 aliphatic heterocycles. The lowest BCUT2D eigenvalue weighted by atomic mass is 9.77. The molecule has 1 aromatic rings. The van der Waals surface area contributed by atoms with Crippen molar-refractivity contribution in [3.63, 3.8) is 0 Å². The third-order valence-corrected chi connectivity index (χ3v) is 4.76. The monoisotopic (exact) mass is 310 g/mol. The predicted octanol–water partition coefficient (Wildman–Crippen LogP) is 2.02. The number of piperidine rings is 1. The lowest BCUT2D eigenvalue weighted by molar-refractivity contribution is 0.0514. The maximum absolute atomic E-state index is 12.4. The molecule has 2 N–H and O–H groups in total. The average Bonchev–Trinajstić information content (AvgIpc) is 2.98. The number of hydrogen-bond donors (Lipinski definition) is 2. The third kappa shape index (κ3) is 3.58. The fraction of sp³-hybridized carbons (Fsp3) is 0.800. The Kier molecular flexibility index (Phi) is 5.39. The van der Waals surface area contributed by atoms with Crippen LogP contribution in [0.4, 0.5) is 4.79 Å². The van der Waals surface area contributed by atoms with E-state index < -0.39 is 0 Å². The standard InChI is InChI=1S/C15H26N4O3/c1-4-12(13-16-11(3)22-18-13)17-14(21)19-8-6-15(5-2,10-20)7-9-19/h12,20H,4-10H2,1-3H3,(H,17,21). The molecule has 0 spiro atoms. The van der Waals surface area contributed by atoms with Crippen LogP contribution in [0.3, 0.4) is 0 Å². The highest BCUT2D eigenvalue weighted by Gasteiger charge is 2.34. The molecule has 124 valence electrons. The topological polar surface area (TPSA) is 91.5 Å². The molecular formula is C15H26N4O3. The Morgan fingerprint density at radius 1 is 1.45 bits per heavy atom. The van der Waals surface area contributed by atoms with E-state index in [9.17, 15) is 9.90 Å². The van der Waals surface area contributed by atoms with E-state index in [1.807, 2.05) is 6.92 Å². The smallest absolute Gasteiger partial charge is 0.317 e. The zero-order chi connectivity index (χ0) is 16.2. The first-order valence-corrected chi connectivity index (χ1v) is 8.00. The number of aromatic nitrogens is 2. The van der Waals surface area contributed by atoms with Crippen LogP contribution in [0.1, 0.15) is 57.3 Å². The average molecular weight is 310 g/mol. The number of likely N-dealkylation sites (tertiary alicyclic amines) is 1. The molecule has 0 saturated carbocycles. The third-order valence-electron chi connectivity index (χ3n) is 4.76. The number of rotatable bonds is 5. The van der Waals surface area contributed by atoms with Gasteiger partial charge in [0.05, 0.1) is 6.04 Å². The van der Waals surface area contributed by atoms with Gasteiger partial charge in [-0.05, 0) is 31.1 Å². The summed E-state index contributed by atoms with van der Waals surface area (Å²) < 4.78 is 4.98. The largest absolute Gasteiger partial charge is 0.396 e. The summed E-state index contributed by atoms with van der Waals surface area (Å²) in [6, 6.07) is -0.336. The van der Waals surface area contributed by atoms with E-state index in [1.165, 1.54) is 0 Å². The van der Waals surface area contributed by atoms with Crippen LogP contribution in [-0.2, 0) is 0 Å². The maximum Gasteiger partial charge on any atom is 0.317 e. The molecule has 22 heavy (non-hydrogen) atoms. The SMILES string of the molecule is CCC(NC(=O)N1CCC(CC)(CO)CC1)c1noc(C)n1. The van der Waals surface area contributed by atoms with E-state index in [0.29, 0.717) is 31.2 Å². The Morgan fingerprint density at radius 2 is 2.14 bits per heavy atom. The molecule has 0 aliphatic carbocycles. The quantitative estimate of drug-likeness (QED) is 0.868. The van der Waals surface area contributed by atoms with Gasteiger partial charge in [0.2, 0.25) is 5.89 Å². The first-order valence-electron chi connectivity index (χ1n) is 8.00. The molecule has 1 aromatic heterocycles. The van der Waals surface area contributed by atoms with Crippen LogP contribution in [0.2, 0.25) is 0 Å². The van der Waals surface area contributed by atoms with Crippen LogP contribution < -0.4 is 5.32 Å². The normalized spacial score (nSPS) is 19.0.